The highest BCUT2D eigenvalue weighted by Gasteiger charge is 2.23. The van der Waals surface area contributed by atoms with Gasteiger partial charge in [0, 0.05) is 36.4 Å². The van der Waals surface area contributed by atoms with Gasteiger partial charge < -0.3 is 15.8 Å². The van der Waals surface area contributed by atoms with E-state index in [1.807, 2.05) is 18.4 Å². The van der Waals surface area contributed by atoms with Gasteiger partial charge in [-0.3, -0.25) is 14.6 Å². The smallest absolute Gasteiger partial charge is 0.240 e. The molecular weight excluding hydrogens is 600 g/mol. The highest BCUT2D eigenvalue weighted by molar-refractivity contribution is 7.98. The van der Waals surface area contributed by atoms with Crippen molar-refractivity contribution in [3.8, 4) is 22.8 Å². The zero-order valence-electron chi connectivity index (χ0n) is 22.9. The molecule has 0 saturated heterocycles. The second-order valence-corrected chi connectivity index (χ2v) is 11.2. The van der Waals surface area contributed by atoms with Crippen molar-refractivity contribution in [3.05, 3.63) is 94.0 Å². The maximum Gasteiger partial charge on any atom is 0.240 e. The molecule has 0 aliphatic carbocycles. The van der Waals surface area contributed by atoms with Crippen LogP contribution in [0.15, 0.2) is 67.0 Å². The number of carbonyl (C=O) groups excluding carboxylic acids is 2. The average molecular weight is 631 g/mol. The molecule has 2 aromatic carbocycles. The molecule has 0 bridgehead atoms. The average Bonchev–Trinajstić information content (AvgIpc) is 3.34. The molecule has 220 valence electrons. The summed E-state index contributed by atoms with van der Waals surface area (Å²) < 4.78 is 21.2. The summed E-state index contributed by atoms with van der Waals surface area (Å²) in [6.07, 6.45) is 6.80. The van der Waals surface area contributed by atoms with Gasteiger partial charge in [0.15, 0.2) is 0 Å². The maximum atomic E-state index is 13.2. The molecule has 0 aliphatic heterocycles. The van der Waals surface area contributed by atoms with Crippen LogP contribution in [-0.2, 0) is 22.4 Å². The minimum Gasteiger partial charge on any atom is -0.477 e. The van der Waals surface area contributed by atoms with E-state index in [0.29, 0.717) is 40.0 Å². The Labute approximate surface area is 257 Å². The molecular formula is C30H30Cl2FN5O3S. The van der Waals surface area contributed by atoms with Gasteiger partial charge in [0.05, 0.1) is 22.3 Å². The molecule has 0 radical (unpaired) electrons. The summed E-state index contributed by atoms with van der Waals surface area (Å²) in [6, 6.07) is 13.8. The van der Waals surface area contributed by atoms with E-state index in [0.717, 1.165) is 22.6 Å². The van der Waals surface area contributed by atoms with Gasteiger partial charge >= 0.3 is 0 Å². The summed E-state index contributed by atoms with van der Waals surface area (Å²) in [5, 5.41) is 8.35. The van der Waals surface area contributed by atoms with Crippen LogP contribution in [0.2, 0.25) is 10.0 Å². The van der Waals surface area contributed by atoms with E-state index < -0.39 is 11.9 Å². The Bertz CT molecular complexity index is 1520. The number of pyridine rings is 1. The van der Waals surface area contributed by atoms with Gasteiger partial charge in [0.1, 0.15) is 17.6 Å². The quantitative estimate of drug-likeness (QED) is 0.174. The number of aromatic nitrogens is 3. The number of carbonyl (C=O) groups is 2. The zero-order valence-corrected chi connectivity index (χ0v) is 25.2. The summed E-state index contributed by atoms with van der Waals surface area (Å²) >= 11 is 14.2. The number of ether oxygens (including phenoxy) is 1. The van der Waals surface area contributed by atoms with Gasteiger partial charge in [0.25, 0.3) is 0 Å². The predicted molar refractivity (Wildman–Crippen MR) is 165 cm³/mol. The third-order valence-electron chi connectivity index (χ3n) is 6.39. The number of hydrogen-bond acceptors (Lipinski definition) is 6. The first-order valence-electron chi connectivity index (χ1n) is 13.2. The summed E-state index contributed by atoms with van der Waals surface area (Å²) in [6.45, 7) is 0.207. The Balaban J connectivity index is 1.50. The molecule has 0 spiro atoms. The summed E-state index contributed by atoms with van der Waals surface area (Å²) in [7, 11) is 0. The van der Waals surface area contributed by atoms with E-state index in [4.69, 9.17) is 38.8 Å². The lowest BCUT2D eigenvalue weighted by atomic mass is 10.1. The fraction of sp³-hybridized carbons (Fsp3) is 0.267. The second kappa shape index (κ2) is 15.0. The highest BCUT2D eigenvalue weighted by atomic mass is 35.5. The van der Waals surface area contributed by atoms with E-state index >= 15 is 0 Å². The molecule has 0 saturated carbocycles. The molecule has 0 aliphatic rings. The van der Waals surface area contributed by atoms with Crippen LogP contribution in [0.25, 0.3) is 16.9 Å². The molecule has 4 aromatic rings. The summed E-state index contributed by atoms with van der Waals surface area (Å²) in [5.41, 5.74) is 9.34. The Kier molecular flexibility index (Phi) is 11.2. The number of amides is 2. The Morgan fingerprint density at radius 2 is 1.93 bits per heavy atom. The van der Waals surface area contributed by atoms with Crippen LogP contribution in [0.1, 0.15) is 24.0 Å². The lowest BCUT2D eigenvalue weighted by Crippen LogP contribution is -2.45. The van der Waals surface area contributed by atoms with Gasteiger partial charge in [-0.05, 0) is 72.9 Å². The van der Waals surface area contributed by atoms with Crippen LogP contribution < -0.4 is 15.8 Å². The number of halogens is 3. The minimum atomic E-state index is -0.917. The molecule has 0 fully saturated rings. The zero-order chi connectivity index (χ0) is 30.1. The Hall–Kier alpha value is -3.60. The third kappa shape index (κ3) is 8.24. The molecule has 1 atom stereocenters. The van der Waals surface area contributed by atoms with Crippen molar-refractivity contribution in [1.82, 2.24) is 20.1 Å². The number of nitrogens with zero attached hydrogens (tertiary/aromatic N) is 3. The fourth-order valence-electron chi connectivity index (χ4n) is 4.29. The van der Waals surface area contributed by atoms with E-state index in [-0.39, 0.29) is 31.2 Å². The molecule has 3 N–H and O–H groups in total. The molecule has 2 amide bonds. The largest absolute Gasteiger partial charge is 0.477 e. The molecule has 2 aromatic heterocycles. The van der Waals surface area contributed by atoms with Crippen molar-refractivity contribution in [2.45, 2.75) is 31.7 Å². The Morgan fingerprint density at radius 1 is 1.14 bits per heavy atom. The van der Waals surface area contributed by atoms with Crippen molar-refractivity contribution in [1.29, 1.82) is 0 Å². The summed E-state index contributed by atoms with van der Waals surface area (Å²) in [4.78, 5) is 28.9. The minimum absolute atomic E-state index is 0.101. The van der Waals surface area contributed by atoms with Crippen LogP contribution in [0.4, 0.5) is 4.39 Å². The topological polar surface area (TPSA) is 112 Å². The van der Waals surface area contributed by atoms with Crippen molar-refractivity contribution < 1.29 is 18.7 Å². The van der Waals surface area contributed by atoms with Gasteiger partial charge in [-0.2, -0.15) is 16.9 Å². The molecule has 2 heterocycles. The number of hydrogen-bond donors (Lipinski definition) is 2. The lowest BCUT2D eigenvalue weighted by molar-refractivity contribution is -0.127. The van der Waals surface area contributed by atoms with Crippen molar-refractivity contribution in [2.75, 3.05) is 18.6 Å². The second-order valence-electron chi connectivity index (χ2n) is 9.43. The van der Waals surface area contributed by atoms with Crippen LogP contribution in [0.3, 0.4) is 0 Å². The lowest BCUT2D eigenvalue weighted by Gasteiger charge is -2.16. The third-order valence-corrected chi connectivity index (χ3v) is 7.75. The van der Waals surface area contributed by atoms with E-state index in [2.05, 4.69) is 10.3 Å². The van der Waals surface area contributed by atoms with Gasteiger partial charge in [-0.1, -0.05) is 35.3 Å². The van der Waals surface area contributed by atoms with Gasteiger partial charge in [0.2, 0.25) is 17.7 Å². The number of primary amides is 1. The van der Waals surface area contributed by atoms with Gasteiger partial charge in [-0.15, -0.1) is 0 Å². The van der Waals surface area contributed by atoms with Gasteiger partial charge in [-0.25, -0.2) is 9.07 Å². The monoisotopic (exact) mass is 629 g/mol. The van der Waals surface area contributed by atoms with E-state index in [1.165, 1.54) is 12.1 Å². The first-order chi connectivity index (χ1) is 20.3. The van der Waals surface area contributed by atoms with Crippen LogP contribution in [0.5, 0.6) is 5.88 Å². The molecule has 1 unspecified atom stereocenters. The molecule has 8 nitrogen and oxygen atoms in total. The molecule has 42 heavy (non-hydrogen) atoms. The first-order valence-corrected chi connectivity index (χ1v) is 15.3. The van der Waals surface area contributed by atoms with E-state index in [9.17, 15) is 14.0 Å². The first kappa shape index (κ1) is 31.3. The summed E-state index contributed by atoms with van der Waals surface area (Å²) in [5.74, 6) is -0.0325. The normalized spacial score (nSPS) is 11.7. The van der Waals surface area contributed by atoms with Crippen LogP contribution in [0, 0.1) is 5.82 Å². The number of nitrogens with one attached hydrogen (secondary N) is 1. The molecule has 12 heteroatoms. The van der Waals surface area contributed by atoms with Crippen molar-refractivity contribution >= 4 is 46.8 Å². The number of thioether (sulfide) groups is 1. The van der Waals surface area contributed by atoms with Crippen LogP contribution >= 0.6 is 35.0 Å². The number of benzene rings is 2. The predicted octanol–water partition coefficient (Wildman–Crippen LogP) is 5.66. The van der Waals surface area contributed by atoms with Crippen molar-refractivity contribution in [2.24, 2.45) is 5.73 Å². The van der Waals surface area contributed by atoms with Crippen molar-refractivity contribution in [3.63, 3.8) is 0 Å². The van der Waals surface area contributed by atoms with Crippen LogP contribution in [-0.4, -0.2) is 51.2 Å². The fourth-order valence-corrected chi connectivity index (χ4v) is 4.99. The van der Waals surface area contributed by atoms with E-state index in [1.54, 1.807) is 59.2 Å². The number of nitrogens with two attached hydrogens (primary N) is 1. The SMILES string of the molecule is CSCCc1c(-c2cccnc2)nn(-c2ccc(Cl)c(Cl)c2)c1OCCCC(=O)NC(Cc1ccc(F)cc1)C(N)=O. The Morgan fingerprint density at radius 3 is 2.60 bits per heavy atom. The molecule has 4 rings (SSSR count). The standard InChI is InChI=1S/C30H30Cl2FN5O3S/c1-42-15-12-23-28(20-4-2-13-35-18-20)37-38(22-10-11-24(31)25(32)17-22)30(23)41-14-3-5-27(39)36-26(29(34)40)16-19-6-8-21(33)9-7-19/h2,4,6-11,13,17-18,26H,3,5,12,14-16H2,1H3,(H2,34,40)(H,36,39). The highest BCUT2D eigenvalue weighted by Crippen LogP contribution is 2.35. The maximum absolute atomic E-state index is 13.2. The number of rotatable bonds is 14.